The molecule has 3 heterocycles. The Morgan fingerprint density at radius 1 is 1.00 bits per heavy atom. The molecule has 3 aliphatic rings. The van der Waals surface area contributed by atoms with Crippen molar-refractivity contribution in [2.24, 2.45) is 0 Å². The number of hydrogen-bond acceptors (Lipinski definition) is 6. The Hall–Kier alpha value is -3.27. The summed E-state index contributed by atoms with van der Waals surface area (Å²) in [4.78, 5) is 66.9. The van der Waals surface area contributed by atoms with E-state index >= 15 is 0 Å². The Bertz CT molecular complexity index is 1050. The van der Waals surface area contributed by atoms with Crippen molar-refractivity contribution in [2.45, 2.75) is 95.0 Å². The second kappa shape index (κ2) is 12.1. The van der Waals surface area contributed by atoms with Gasteiger partial charge in [0.2, 0.25) is 23.6 Å². The van der Waals surface area contributed by atoms with Crippen molar-refractivity contribution < 1.29 is 28.7 Å². The van der Waals surface area contributed by atoms with E-state index in [0.717, 1.165) is 12.0 Å². The van der Waals surface area contributed by atoms with Gasteiger partial charge in [0.05, 0.1) is 6.61 Å². The number of carbonyl (C=O) groups excluding carboxylic acids is 5. The molecule has 10 nitrogen and oxygen atoms in total. The van der Waals surface area contributed by atoms with Crippen LogP contribution in [0.2, 0.25) is 0 Å². The highest BCUT2D eigenvalue weighted by molar-refractivity contribution is 5.99. The minimum Gasteiger partial charge on any atom is -0.365 e. The van der Waals surface area contributed by atoms with Gasteiger partial charge < -0.3 is 25.6 Å². The molecule has 3 fully saturated rings. The van der Waals surface area contributed by atoms with Crippen LogP contribution in [0.5, 0.6) is 0 Å². The van der Waals surface area contributed by atoms with Crippen LogP contribution < -0.4 is 16.0 Å². The number of epoxide rings is 1. The molecule has 4 atom stereocenters. The number of ketones is 1. The minimum absolute atomic E-state index is 0.103. The van der Waals surface area contributed by atoms with Crippen LogP contribution in [-0.2, 0) is 35.1 Å². The van der Waals surface area contributed by atoms with Gasteiger partial charge in [0.15, 0.2) is 5.78 Å². The molecule has 38 heavy (non-hydrogen) atoms. The maximum atomic E-state index is 13.7. The quantitative estimate of drug-likeness (QED) is 0.325. The molecule has 1 aromatic carbocycles. The molecule has 0 saturated carbocycles. The monoisotopic (exact) mass is 526 g/mol. The van der Waals surface area contributed by atoms with Crippen molar-refractivity contribution in [3.63, 3.8) is 0 Å². The highest BCUT2D eigenvalue weighted by Gasteiger charge is 2.42. The summed E-state index contributed by atoms with van der Waals surface area (Å²) in [5.41, 5.74) is -0.429. The van der Waals surface area contributed by atoms with Crippen LogP contribution in [0.15, 0.2) is 30.3 Å². The van der Waals surface area contributed by atoms with E-state index in [-0.39, 0.29) is 30.1 Å². The fourth-order valence-corrected chi connectivity index (χ4v) is 5.10. The molecule has 3 N–H and O–H groups in total. The molecule has 0 bridgehead atoms. The lowest BCUT2D eigenvalue weighted by molar-refractivity contribution is -0.144. The largest absolute Gasteiger partial charge is 0.365 e. The first kappa shape index (κ1) is 27.8. The maximum Gasteiger partial charge on any atom is 0.246 e. The van der Waals surface area contributed by atoms with Crippen molar-refractivity contribution in [3.05, 3.63) is 35.9 Å². The molecule has 0 radical (unpaired) electrons. The summed E-state index contributed by atoms with van der Waals surface area (Å²) >= 11 is 0. The van der Waals surface area contributed by atoms with E-state index in [1.54, 1.807) is 18.7 Å². The Morgan fingerprint density at radius 2 is 1.74 bits per heavy atom. The van der Waals surface area contributed by atoms with Crippen molar-refractivity contribution in [1.29, 1.82) is 0 Å². The second-order valence-electron chi connectivity index (χ2n) is 11.0. The molecule has 4 rings (SSSR count). The third-order valence-corrected chi connectivity index (χ3v) is 7.47. The number of carbonyl (C=O) groups is 5. The minimum atomic E-state index is -1.31. The predicted molar refractivity (Wildman–Crippen MR) is 139 cm³/mol. The summed E-state index contributed by atoms with van der Waals surface area (Å²) in [7, 11) is 0. The molecule has 4 amide bonds. The number of ether oxygens (including phenoxy) is 1. The zero-order chi connectivity index (χ0) is 27.3. The van der Waals surface area contributed by atoms with Gasteiger partial charge in [-0.3, -0.25) is 24.0 Å². The molecule has 1 aromatic rings. The number of Topliss-reactive ketones (excluding diaryl/α,β-unsaturated/α-hetero) is 1. The molecular weight excluding hydrogens is 488 g/mol. The summed E-state index contributed by atoms with van der Waals surface area (Å²) in [6.45, 7) is 4.08. The van der Waals surface area contributed by atoms with Crippen molar-refractivity contribution in [1.82, 2.24) is 20.9 Å². The third kappa shape index (κ3) is 6.98. The van der Waals surface area contributed by atoms with Gasteiger partial charge in [0.25, 0.3) is 0 Å². The number of fused-ring (bicyclic) bond motifs is 1. The normalized spacial score (nSPS) is 27.4. The van der Waals surface area contributed by atoms with E-state index in [9.17, 15) is 24.0 Å². The maximum absolute atomic E-state index is 13.7. The number of hydrogen-bond donors (Lipinski definition) is 3. The van der Waals surface area contributed by atoms with E-state index in [4.69, 9.17) is 4.74 Å². The molecule has 0 aliphatic carbocycles. The van der Waals surface area contributed by atoms with Crippen molar-refractivity contribution in [3.8, 4) is 0 Å². The average Bonchev–Trinajstić information content (AvgIpc) is 3.62. The topological polar surface area (TPSA) is 137 Å². The van der Waals surface area contributed by atoms with Crippen LogP contribution >= 0.6 is 0 Å². The van der Waals surface area contributed by atoms with Crippen LogP contribution in [0.1, 0.15) is 64.4 Å². The van der Waals surface area contributed by atoms with Crippen LogP contribution in [0, 0.1) is 0 Å². The van der Waals surface area contributed by atoms with Crippen LogP contribution in [0.25, 0.3) is 0 Å². The summed E-state index contributed by atoms with van der Waals surface area (Å²) in [6, 6.07) is 6.97. The molecule has 10 heteroatoms. The molecule has 0 spiro atoms. The number of rotatable bonds is 9. The van der Waals surface area contributed by atoms with Gasteiger partial charge in [-0.15, -0.1) is 0 Å². The average molecular weight is 527 g/mol. The Kier molecular flexibility index (Phi) is 8.81. The zero-order valence-corrected chi connectivity index (χ0v) is 22.2. The van der Waals surface area contributed by atoms with Gasteiger partial charge in [-0.1, -0.05) is 43.2 Å². The Balaban J connectivity index is 1.48. The Labute approximate surface area is 223 Å². The van der Waals surface area contributed by atoms with E-state index in [1.807, 2.05) is 30.3 Å². The third-order valence-electron chi connectivity index (χ3n) is 7.47. The van der Waals surface area contributed by atoms with Gasteiger partial charge in [-0.25, -0.2) is 0 Å². The fourth-order valence-electron chi connectivity index (χ4n) is 5.10. The second-order valence-corrected chi connectivity index (χ2v) is 11.0. The fraction of sp³-hybridized carbons (Fsp3) is 0.607. The number of amides is 4. The van der Waals surface area contributed by atoms with Gasteiger partial charge in [0, 0.05) is 19.4 Å². The lowest BCUT2D eigenvalue weighted by atomic mass is 9.98. The lowest BCUT2D eigenvalue weighted by Crippen LogP contribution is -2.64. The molecule has 206 valence electrons. The zero-order valence-electron chi connectivity index (χ0n) is 22.2. The van der Waals surface area contributed by atoms with E-state index in [1.165, 1.54) is 0 Å². The van der Waals surface area contributed by atoms with Gasteiger partial charge in [0.1, 0.15) is 29.8 Å². The van der Waals surface area contributed by atoms with Gasteiger partial charge >= 0.3 is 0 Å². The van der Waals surface area contributed by atoms with E-state index in [2.05, 4.69) is 16.0 Å². The summed E-state index contributed by atoms with van der Waals surface area (Å²) in [5.74, 6) is -1.48. The first-order valence-electron chi connectivity index (χ1n) is 13.6. The molecular formula is C28H38N4O6. The highest BCUT2D eigenvalue weighted by atomic mass is 16.6. The summed E-state index contributed by atoms with van der Waals surface area (Å²) < 4.78 is 5.01. The van der Waals surface area contributed by atoms with E-state index in [0.29, 0.717) is 51.7 Å². The summed E-state index contributed by atoms with van der Waals surface area (Å²) in [5, 5.41) is 8.48. The molecule has 1 unspecified atom stereocenters. The standard InChI is InChI=1S/C28H38N4O6/c1-28(2)27(37)30-20(16-18-10-5-3-6-11-18)26(36)32-15-9-13-21(32)25(35)29-19(24(34)31-28)12-7-4-8-14-22(33)23-17-38-23/h3,5-6,10-11,19-21,23H,4,7-9,12-17H2,1-2H3,(H,29,35)(H,30,37)(H,31,34)/t19-,20-,21+,23?/m0/s1. The SMILES string of the molecule is CC1(C)NC(=O)[C@H](CCCCCC(=O)C2CO2)NC(=O)[C@H]2CCCN2C(=O)[C@H](Cc2ccccc2)NC1=O. The number of nitrogens with zero attached hydrogens (tertiary/aromatic N) is 1. The first-order valence-corrected chi connectivity index (χ1v) is 13.6. The van der Waals surface area contributed by atoms with Gasteiger partial charge in [-0.2, -0.15) is 0 Å². The predicted octanol–water partition coefficient (Wildman–Crippen LogP) is 1.02. The smallest absolute Gasteiger partial charge is 0.246 e. The van der Waals surface area contributed by atoms with Crippen LogP contribution in [-0.4, -0.2) is 77.2 Å². The van der Waals surface area contributed by atoms with Crippen LogP contribution in [0.4, 0.5) is 0 Å². The molecule has 3 saturated heterocycles. The number of benzene rings is 1. The Morgan fingerprint density at radius 3 is 2.45 bits per heavy atom. The van der Waals surface area contributed by atoms with Crippen molar-refractivity contribution >= 4 is 29.4 Å². The van der Waals surface area contributed by atoms with Crippen molar-refractivity contribution in [2.75, 3.05) is 13.2 Å². The lowest BCUT2D eigenvalue weighted by Gasteiger charge is -2.34. The molecule has 3 aliphatic heterocycles. The molecule has 0 aromatic heterocycles. The van der Waals surface area contributed by atoms with Crippen LogP contribution in [0.3, 0.4) is 0 Å². The highest BCUT2D eigenvalue weighted by Crippen LogP contribution is 2.22. The van der Waals surface area contributed by atoms with Gasteiger partial charge in [-0.05, 0) is 45.1 Å². The summed E-state index contributed by atoms with van der Waals surface area (Å²) in [6.07, 6.45) is 4.01. The first-order chi connectivity index (χ1) is 18.2. The number of nitrogens with one attached hydrogen (secondary N) is 3. The number of unbranched alkanes of at least 4 members (excludes halogenated alkanes) is 2. The van der Waals surface area contributed by atoms with E-state index < -0.39 is 35.5 Å².